The smallest absolute Gasteiger partial charge is 0.222 e. The molecule has 138 valence electrons. The molecule has 2 aromatic carbocycles. The summed E-state index contributed by atoms with van der Waals surface area (Å²) in [6, 6.07) is 16.7. The fourth-order valence-electron chi connectivity index (χ4n) is 3.64. The summed E-state index contributed by atoms with van der Waals surface area (Å²) in [6.45, 7) is 7.05. The summed E-state index contributed by atoms with van der Waals surface area (Å²) < 4.78 is 0. The van der Waals surface area contributed by atoms with E-state index in [1.165, 1.54) is 5.56 Å². The third-order valence-electron chi connectivity index (χ3n) is 5.23. The van der Waals surface area contributed by atoms with E-state index in [-0.39, 0.29) is 5.91 Å². The van der Waals surface area contributed by atoms with E-state index in [0.29, 0.717) is 6.42 Å². The fourth-order valence-corrected chi connectivity index (χ4v) is 3.64. The van der Waals surface area contributed by atoms with Crippen molar-refractivity contribution in [2.45, 2.75) is 20.3 Å². The molecule has 0 N–H and O–H groups in total. The highest BCUT2D eigenvalue weighted by Gasteiger charge is 2.23. The molecule has 1 aromatic heterocycles. The molecule has 0 unspecified atom stereocenters. The molecule has 2 heterocycles. The molecule has 27 heavy (non-hydrogen) atoms. The van der Waals surface area contributed by atoms with Crippen LogP contribution in [0.3, 0.4) is 0 Å². The minimum absolute atomic E-state index is 0.223. The zero-order valence-electron chi connectivity index (χ0n) is 15.9. The molecule has 4 rings (SSSR count). The number of carbonyl (C=O) groups is 1. The topological polar surface area (TPSA) is 49.3 Å². The molecular weight excluding hydrogens is 336 g/mol. The van der Waals surface area contributed by atoms with Crippen molar-refractivity contribution in [3.63, 3.8) is 0 Å². The van der Waals surface area contributed by atoms with Crippen LogP contribution in [0.25, 0.3) is 22.0 Å². The second-order valence-electron chi connectivity index (χ2n) is 7.01. The first kappa shape index (κ1) is 17.5. The number of nitrogens with zero attached hydrogens (tertiary/aromatic N) is 4. The van der Waals surface area contributed by atoms with Gasteiger partial charge in [0.2, 0.25) is 5.91 Å². The van der Waals surface area contributed by atoms with Crippen LogP contribution >= 0.6 is 0 Å². The molecule has 0 radical (unpaired) electrons. The van der Waals surface area contributed by atoms with E-state index in [1.807, 2.05) is 24.0 Å². The predicted molar refractivity (Wildman–Crippen MR) is 109 cm³/mol. The average Bonchev–Trinajstić information content (AvgIpc) is 2.73. The largest absolute Gasteiger partial charge is 0.351 e. The van der Waals surface area contributed by atoms with E-state index in [2.05, 4.69) is 58.4 Å². The van der Waals surface area contributed by atoms with Gasteiger partial charge in [0, 0.05) is 48.9 Å². The molecule has 1 saturated heterocycles. The highest BCUT2D eigenvalue weighted by Crippen LogP contribution is 2.31. The SMILES string of the molecule is CCC(=O)N1CCN(c2nnc(-c3ccc(C)cc3)c3ccccc23)CC1. The number of hydrogen-bond acceptors (Lipinski definition) is 4. The van der Waals surface area contributed by atoms with Crippen LogP contribution in [0, 0.1) is 6.92 Å². The Bertz CT molecular complexity index is 960. The van der Waals surface area contributed by atoms with E-state index in [4.69, 9.17) is 0 Å². The van der Waals surface area contributed by atoms with Crippen LogP contribution in [0.5, 0.6) is 0 Å². The second-order valence-corrected chi connectivity index (χ2v) is 7.01. The molecule has 5 heteroatoms. The molecule has 1 aliphatic heterocycles. The van der Waals surface area contributed by atoms with Crippen molar-refractivity contribution in [3.05, 3.63) is 54.1 Å². The van der Waals surface area contributed by atoms with Crippen molar-refractivity contribution in [2.24, 2.45) is 0 Å². The number of benzene rings is 2. The molecule has 0 aliphatic carbocycles. The van der Waals surface area contributed by atoms with E-state index >= 15 is 0 Å². The summed E-state index contributed by atoms with van der Waals surface area (Å²) in [4.78, 5) is 16.1. The quantitative estimate of drug-likeness (QED) is 0.715. The Morgan fingerprint density at radius 3 is 2.26 bits per heavy atom. The average molecular weight is 360 g/mol. The Balaban J connectivity index is 1.69. The number of anilines is 1. The summed E-state index contributed by atoms with van der Waals surface area (Å²) in [5.74, 6) is 1.13. The van der Waals surface area contributed by atoms with E-state index < -0.39 is 0 Å². The van der Waals surface area contributed by atoms with Crippen LogP contribution in [0.4, 0.5) is 5.82 Å². The van der Waals surface area contributed by atoms with E-state index in [1.54, 1.807) is 0 Å². The molecular formula is C22H24N4O. The number of fused-ring (bicyclic) bond motifs is 1. The minimum atomic E-state index is 0.223. The molecule has 1 amide bonds. The number of carbonyl (C=O) groups excluding carboxylic acids is 1. The number of aromatic nitrogens is 2. The Labute approximate surface area is 159 Å². The van der Waals surface area contributed by atoms with Crippen LogP contribution in [-0.2, 0) is 4.79 Å². The minimum Gasteiger partial charge on any atom is -0.351 e. The molecule has 5 nitrogen and oxygen atoms in total. The summed E-state index contributed by atoms with van der Waals surface area (Å²) in [5.41, 5.74) is 3.22. The first-order valence-electron chi connectivity index (χ1n) is 9.52. The van der Waals surface area contributed by atoms with Gasteiger partial charge in [-0.15, -0.1) is 10.2 Å². The molecule has 0 atom stereocenters. The van der Waals surface area contributed by atoms with Crippen molar-refractivity contribution < 1.29 is 4.79 Å². The van der Waals surface area contributed by atoms with Gasteiger partial charge in [-0.2, -0.15) is 0 Å². The van der Waals surface area contributed by atoms with Gasteiger partial charge in [0.25, 0.3) is 0 Å². The van der Waals surface area contributed by atoms with Gasteiger partial charge in [-0.1, -0.05) is 61.0 Å². The van der Waals surface area contributed by atoms with E-state index in [9.17, 15) is 4.79 Å². The van der Waals surface area contributed by atoms with Crippen LogP contribution < -0.4 is 4.90 Å². The second kappa shape index (κ2) is 7.35. The third-order valence-corrected chi connectivity index (χ3v) is 5.23. The molecule has 1 fully saturated rings. The molecule has 0 bridgehead atoms. The predicted octanol–water partition coefficient (Wildman–Crippen LogP) is 3.66. The maximum atomic E-state index is 11.9. The Kier molecular flexibility index (Phi) is 4.75. The first-order valence-corrected chi connectivity index (χ1v) is 9.52. The van der Waals surface area contributed by atoms with Crippen LogP contribution in [0.1, 0.15) is 18.9 Å². The van der Waals surface area contributed by atoms with Gasteiger partial charge in [0.15, 0.2) is 5.82 Å². The van der Waals surface area contributed by atoms with Gasteiger partial charge in [-0.05, 0) is 6.92 Å². The fraction of sp³-hybridized carbons (Fsp3) is 0.318. The highest BCUT2D eigenvalue weighted by molar-refractivity contribution is 6.00. The summed E-state index contributed by atoms with van der Waals surface area (Å²) in [7, 11) is 0. The maximum absolute atomic E-state index is 11.9. The Morgan fingerprint density at radius 1 is 0.926 bits per heavy atom. The van der Waals surface area contributed by atoms with Gasteiger partial charge in [-0.3, -0.25) is 4.79 Å². The summed E-state index contributed by atoms with van der Waals surface area (Å²) >= 11 is 0. The van der Waals surface area contributed by atoms with Gasteiger partial charge < -0.3 is 9.80 Å². The number of rotatable bonds is 3. The van der Waals surface area contributed by atoms with Crippen molar-refractivity contribution in [1.82, 2.24) is 15.1 Å². The number of aryl methyl sites for hydroxylation is 1. The maximum Gasteiger partial charge on any atom is 0.222 e. The Hall–Kier alpha value is -2.95. The highest BCUT2D eigenvalue weighted by atomic mass is 16.2. The third kappa shape index (κ3) is 3.37. The number of hydrogen-bond donors (Lipinski definition) is 0. The molecule has 3 aromatic rings. The number of piperazine rings is 1. The zero-order chi connectivity index (χ0) is 18.8. The lowest BCUT2D eigenvalue weighted by atomic mass is 10.0. The lowest BCUT2D eigenvalue weighted by molar-refractivity contribution is -0.131. The van der Waals surface area contributed by atoms with Gasteiger partial charge in [0.1, 0.15) is 5.69 Å². The zero-order valence-corrected chi connectivity index (χ0v) is 15.9. The van der Waals surface area contributed by atoms with Crippen LogP contribution in [0.2, 0.25) is 0 Å². The summed E-state index contributed by atoms with van der Waals surface area (Å²) in [5, 5.41) is 11.4. The van der Waals surface area contributed by atoms with Crippen LogP contribution in [-0.4, -0.2) is 47.2 Å². The van der Waals surface area contributed by atoms with Gasteiger partial charge in [-0.25, -0.2) is 0 Å². The van der Waals surface area contributed by atoms with Crippen molar-refractivity contribution in [1.29, 1.82) is 0 Å². The van der Waals surface area contributed by atoms with Crippen molar-refractivity contribution in [2.75, 3.05) is 31.1 Å². The number of amides is 1. The van der Waals surface area contributed by atoms with Crippen molar-refractivity contribution in [3.8, 4) is 11.3 Å². The molecule has 1 aliphatic rings. The lowest BCUT2D eigenvalue weighted by Crippen LogP contribution is -2.49. The van der Waals surface area contributed by atoms with Gasteiger partial charge in [0.05, 0.1) is 0 Å². The lowest BCUT2D eigenvalue weighted by Gasteiger charge is -2.35. The molecule has 0 spiro atoms. The van der Waals surface area contributed by atoms with Gasteiger partial charge >= 0.3 is 0 Å². The van der Waals surface area contributed by atoms with Crippen molar-refractivity contribution >= 4 is 22.5 Å². The standard InChI is InChI=1S/C22H24N4O/c1-3-20(27)25-12-14-26(15-13-25)22-19-7-5-4-6-18(19)21(23-24-22)17-10-8-16(2)9-11-17/h4-11H,3,12-15H2,1-2H3. The Morgan fingerprint density at radius 2 is 1.59 bits per heavy atom. The normalized spacial score (nSPS) is 14.6. The van der Waals surface area contributed by atoms with Crippen LogP contribution in [0.15, 0.2) is 48.5 Å². The monoisotopic (exact) mass is 360 g/mol. The van der Waals surface area contributed by atoms with E-state index in [0.717, 1.165) is 54.0 Å². The first-order chi connectivity index (χ1) is 13.2. The molecule has 0 saturated carbocycles. The summed E-state index contributed by atoms with van der Waals surface area (Å²) in [6.07, 6.45) is 0.563.